The van der Waals surface area contributed by atoms with Gasteiger partial charge in [0.25, 0.3) is 6.43 Å². The van der Waals surface area contributed by atoms with E-state index >= 15 is 0 Å². The highest BCUT2D eigenvalue weighted by Crippen LogP contribution is 2.22. The molecule has 3 rings (SSSR count). The van der Waals surface area contributed by atoms with E-state index in [4.69, 9.17) is 9.72 Å². The number of anilines is 1. The van der Waals surface area contributed by atoms with E-state index in [1.54, 1.807) is 16.8 Å². The maximum atomic E-state index is 12.4. The van der Waals surface area contributed by atoms with Crippen molar-refractivity contribution in [3.05, 3.63) is 36.8 Å². The third kappa shape index (κ3) is 4.92. The zero-order valence-corrected chi connectivity index (χ0v) is 15.9. The highest BCUT2D eigenvalue weighted by Gasteiger charge is 2.12. The predicted molar refractivity (Wildman–Crippen MR) is 104 cm³/mol. The lowest BCUT2D eigenvalue weighted by atomic mass is 10.1. The van der Waals surface area contributed by atoms with Crippen molar-refractivity contribution in [3.63, 3.8) is 0 Å². The molecule has 3 heterocycles. The Hall–Kier alpha value is -2.81. The van der Waals surface area contributed by atoms with Crippen molar-refractivity contribution in [2.75, 3.05) is 25.5 Å². The van der Waals surface area contributed by atoms with Crippen LogP contribution in [0.25, 0.3) is 17.0 Å². The number of imidazole rings is 1. The molecule has 9 heteroatoms. The molecular formula is C19H24F2N6O. The first kappa shape index (κ1) is 19.9. The van der Waals surface area contributed by atoms with Crippen LogP contribution in [0.1, 0.15) is 19.8 Å². The molecule has 0 aliphatic carbocycles. The first-order valence-electron chi connectivity index (χ1n) is 9.23. The minimum Gasteiger partial charge on any atom is -0.471 e. The smallest absolute Gasteiger partial charge is 0.272 e. The van der Waals surface area contributed by atoms with E-state index in [2.05, 4.69) is 27.5 Å². The van der Waals surface area contributed by atoms with Gasteiger partial charge in [-0.15, -0.1) is 0 Å². The number of likely N-dealkylation sites (N-methyl/N-ethyl adjacent to an activating group) is 1. The summed E-state index contributed by atoms with van der Waals surface area (Å²) in [6, 6.07) is 5.99. The Balaban J connectivity index is 1.86. The van der Waals surface area contributed by atoms with Crippen LogP contribution in [0, 0.1) is 0 Å². The van der Waals surface area contributed by atoms with Gasteiger partial charge in [0.15, 0.2) is 12.3 Å². The Kier molecular flexibility index (Phi) is 6.70. The summed E-state index contributed by atoms with van der Waals surface area (Å²) in [5, 5.41) is 6.64. The van der Waals surface area contributed by atoms with Crippen LogP contribution in [0.4, 0.5) is 14.6 Å². The van der Waals surface area contributed by atoms with Gasteiger partial charge in [0, 0.05) is 12.6 Å². The summed E-state index contributed by atoms with van der Waals surface area (Å²) < 4.78 is 31.5. The van der Waals surface area contributed by atoms with Gasteiger partial charge in [0.1, 0.15) is 5.82 Å². The maximum Gasteiger partial charge on any atom is 0.272 e. The van der Waals surface area contributed by atoms with E-state index in [9.17, 15) is 8.78 Å². The van der Waals surface area contributed by atoms with Crippen molar-refractivity contribution >= 4 is 11.5 Å². The second-order valence-corrected chi connectivity index (χ2v) is 6.39. The van der Waals surface area contributed by atoms with Crippen molar-refractivity contribution in [1.82, 2.24) is 24.7 Å². The molecule has 2 N–H and O–H groups in total. The number of ether oxygens (including phenoxy) is 1. The molecule has 0 bridgehead atoms. The fraction of sp³-hybridized carbons (Fsp3) is 0.421. The van der Waals surface area contributed by atoms with Crippen LogP contribution in [0.5, 0.6) is 5.88 Å². The Morgan fingerprint density at radius 1 is 1.21 bits per heavy atom. The van der Waals surface area contributed by atoms with Crippen LogP contribution < -0.4 is 15.4 Å². The average molecular weight is 390 g/mol. The summed E-state index contributed by atoms with van der Waals surface area (Å²) in [6.07, 6.45) is 4.24. The molecule has 0 radical (unpaired) electrons. The number of pyridine rings is 1. The number of fused-ring (bicyclic) bond motifs is 1. The molecule has 3 aromatic rings. The minimum atomic E-state index is -2.56. The van der Waals surface area contributed by atoms with Gasteiger partial charge in [-0.2, -0.15) is 0 Å². The monoisotopic (exact) mass is 390 g/mol. The van der Waals surface area contributed by atoms with E-state index in [0.29, 0.717) is 11.3 Å². The molecule has 0 spiro atoms. The summed E-state index contributed by atoms with van der Waals surface area (Å²) in [5.41, 5.74) is 2.02. The van der Waals surface area contributed by atoms with Crippen LogP contribution in [0.3, 0.4) is 0 Å². The zero-order chi connectivity index (χ0) is 19.9. The number of hydrogen-bond acceptors (Lipinski definition) is 6. The van der Waals surface area contributed by atoms with Gasteiger partial charge in [-0.25, -0.2) is 23.7 Å². The van der Waals surface area contributed by atoms with Gasteiger partial charge >= 0.3 is 0 Å². The fourth-order valence-electron chi connectivity index (χ4n) is 2.97. The summed E-state index contributed by atoms with van der Waals surface area (Å²) >= 11 is 0. The molecule has 0 fully saturated rings. The molecule has 150 valence electrons. The van der Waals surface area contributed by atoms with Crippen molar-refractivity contribution in [3.8, 4) is 17.3 Å². The van der Waals surface area contributed by atoms with E-state index in [1.807, 2.05) is 25.2 Å². The molecule has 0 amide bonds. The van der Waals surface area contributed by atoms with Crippen molar-refractivity contribution in [1.29, 1.82) is 0 Å². The van der Waals surface area contributed by atoms with Crippen molar-refractivity contribution in [2.45, 2.75) is 32.2 Å². The maximum absolute atomic E-state index is 12.4. The van der Waals surface area contributed by atoms with Gasteiger partial charge in [0.05, 0.1) is 30.0 Å². The molecule has 0 aromatic carbocycles. The molecule has 7 nitrogen and oxygen atoms in total. The normalized spacial score (nSPS) is 12.5. The van der Waals surface area contributed by atoms with Crippen LogP contribution in [0.15, 0.2) is 36.8 Å². The Bertz CT molecular complexity index is 895. The Morgan fingerprint density at radius 3 is 2.82 bits per heavy atom. The summed E-state index contributed by atoms with van der Waals surface area (Å²) in [6.45, 7) is 2.28. The molecular weight excluding hydrogens is 366 g/mol. The van der Waals surface area contributed by atoms with Gasteiger partial charge < -0.3 is 15.4 Å². The van der Waals surface area contributed by atoms with Gasteiger partial charge in [-0.05, 0) is 25.6 Å². The highest BCUT2D eigenvalue weighted by molar-refractivity contribution is 5.61. The lowest BCUT2D eigenvalue weighted by Gasteiger charge is -2.18. The average Bonchev–Trinajstić information content (AvgIpc) is 3.10. The zero-order valence-electron chi connectivity index (χ0n) is 15.9. The Morgan fingerprint density at radius 2 is 2.07 bits per heavy atom. The van der Waals surface area contributed by atoms with Crippen LogP contribution >= 0.6 is 0 Å². The van der Waals surface area contributed by atoms with Crippen LogP contribution in [-0.4, -0.2) is 52.0 Å². The van der Waals surface area contributed by atoms with E-state index in [-0.39, 0.29) is 11.9 Å². The molecule has 0 aliphatic rings. The molecule has 0 saturated carbocycles. The van der Waals surface area contributed by atoms with Crippen molar-refractivity contribution < 1.29 is 13.5 Å². The highest BCUT2D eigenvalue weighted by atomic mass is 19.3. The summed E-state index contributed by atoms with van der Waals surface area (Å²) in [7, 11) is 1.92. The van der Waals surface area contributed by atoms with Gasteiger partial charge in [0.2, 0.25) is 5.88 Å². The lowest BCUT2D eigenvalue weighted by molar-refractivity contribution is 0.0793. The molecule has 0 saturated heterocycles. The fourth-order valence-corrected chi connectivity index (χ4v) is 2.97. The molecule has 28 heavy (non-hydrogen) atoms. The topological polar surface area (TPSA) is 76.4 Å². The Labute approximate surface area is 162 Å². The number of alkyl halides is 2. The first-order valence-corrected chi connectivity index (χ1v) is 9.23. The minimum absolute atomic E-state index is 0.110. The van der Waals surface area contributed by atoms with E-state index in [1.165, 1.54) is 6.20 Å². The second kappa shape index (κ2) is 9.41. The summed E-state index contributed by atoms with van der Waals surface area (Å²) in [4.78, 5) is 13.0. The predicted octanol–water partition coefficient (Wildman–Crippen LogP) is 3.24. The number of rotatable bonds is 10. The van der Waals surface area contributed by atoms with Crippen LogP contribution in [0.2, 0.25) is 0 Å². The first-order chi connectivity index (χ1) is 13.6. The molecule has 0 aliphatic heterocycles. The number of nitrogens with zero attached hydrogens (tertiary/aromatic N) is 4. The third-order valence-electron chi connectivity index (χ3n) is 4.18. The van der Waals surface area contributed by atoms with Gasteiger partial charge in [-0.1, -0.05) is 19.4 Å². The summed E-state index contributed by atoms with van der Waals surface area (Å²) in [5.74, 6) is 0.878. The number of nitrogens with one attached hydrogen (secondary N) is 2. The SMILES string of the molecule is CCCC(CNC)Nc1cccc(-c2cnc3cnc(OCC(F)F)cn23)n1. The molecule has 1 unspecified atom stereocenters. The number of hydrogen-bond donors (Lipinski definition) is 2. The van der Waals surface area contributed by atoms with E-state index < -0.39 is 13.0 Å². The van der Waals surface area contributed by atoms with Crippen LogP contribution in [-0.2, 0) is 0 Å². The lowest BCUT2D eigenvalue weighted by Crippen LogP contribution is -2.31. The number of halogens is 2. The molecule has 1 atom stereocenters. The largest absolute Gasteiger partial charge is 0.471 e. The van der Waals surface area contributed by atoms with Crippen molar-refractivity contribution in [2.24, 2.45) is 0 Å². The van der Waals surface area contributed by atoms with E-state index in [0.717, 1.165) is 30.9 Å². The standard InChI is InChI=1S/C19H24F2N6O/c1-3-5-13(8-22-2)25-17-7-4-6-14(26-17)15-9-23-18-10-24-19(11-27(15)18)28-12-16(20)21/h4,6-7,9-11,13,16,22H,3,5,8,12H2,1-2H3,(H,25,26). The second-order valence-electron chi connectivity index (χ2n) is 6.39. The molecule has 3 aromatic heterocycles. The quantitative estimate of drug-likeness (QED) is 0.554. The third-order valence-corrected chi connectivity index (χ3v) is 4.18. The van der Waals surface area contributed by atoms with Gasteiger partial charge in [-0.3, -0.25) is 4.40 Å². The number of aromatic nitrogens is 4.